The monoisotopic (exact) mass is 464 g/mol. The molecule has 0 bridgehead atoms. The molecule has 0 aliphatic rings. The second-order valence-electron chi connectivity index (χ2n) is 5.94. The molecule has 3 rings (SSSR count). The van der Waals surface area contributed by atoms with E-state index in [1.165, 1.54) is 42.6 Å². The molecule has 0 aromatic heterocycles. The Morgan fingerprint density at radius 3 is 2.37 bits per heavy atom. The molecular weight excluding hydrogens is 451 g/mol. The third kappa shape index (κ3) is 5.26. The van der Waals surface area contributed by atoms with Crippen molar-refractivity contribution < 1.29 is 13.3 Å². The predicted octanol–water partition coefficient (Wildman–Crippen LogP) is 5.15. The summed E-state index contributed by atoms with van der Waals surface area (Å²) in [6.45, 7) is 0. The molecule has 0 radical (unpaired) electrons. The standard InChI is InChI=1S/C19H14Cl2N4O4S/c20-14-5-7-15(8-6-14)24-30(28,29)16-9-10-18(19(11-16)25(26)27)23-22-12-13-3-1-2-4-17(13)21/h1-12,23-24H/b22-12-. The highest BCUT2D eigenvalue weighted by atomic mass is 35.5. The zero-order chi connectivity index (χ0) is 21.7. The van der Waals surface area contributed by atoms with Gasteiger partial charge in [0.1, 0.15) is 5.69 Å². The molecule has 8 nitrogen and oxygen atoms in total. The lowest BCUT2D eigenvalue weighted by Crippen LogP contribution is -2.13. The number of halogens is 2. The van der Waals surface area contributed by atoms with Crippen LogP contribution < -0.4 is 10.1 Å². The summed E-state index contributed by atoms with van der Waals surface area (Å²) in [6, 6.07) is 16.4. The lowest BCUT2D eigenvalue weighted by Gasteiger charge is -2.09. The first-order chi connectivity index (χ1) is 14.3. The van der Waals surface area contributed by atoms with E-state index in [4.69, 9.17) is 23.2 Å². The maximum atomic E-state index is 12.6. The van der Waals surface area contributed by atoms with Crippen molar-refractivity contribution in [1.82, 2.24) is 0 Å². The van der Waals surface area contributed by atoms with E-state index in [1.807, 2.05) is 0 Å². The van der Waals surface area contributed by atoms with Gasteiger partial charge in [0, 0.05) is 27.4 Å². The quantitative estimate of drug-likeness (QED) is 0.285. The van der Waals surface area contributed by atoms with Gasteiger partial charge in [-0.15, -0.1) is 0 Å². The predicted molar refractivity (Wildman–Crippen MR) is 118 cm³/mol. The van der Waals surface area contributed by atoms with Crippen molar-refractivity contribution in [3.8, 4) is 0 Å². The number of nitro benzene ring substituents is 1. The van der Waals surface area contributed by atoms with Crippen LogP contribution in [0.1, 0.15) is 5.56 Å². The van der Waals surface area contributed by atoms with E-state index in [2.05, 4.69) is 15.2 Å². The van der Waals surface area contributed by atoms with Crippen molar-refractivity contribution in [2.45, 2.75) is 4.90 Å². The Morgan fingerprint density at radius 2 is 1.70 bits per heavy atom. The van der Waals surface area contributed by atoms with Crippen LogP contribution in [0, 0.1) is 10.1 Å². The van der Waals surface area contributed by atoms with Crippen LogP contribution in [0.3, 0.4) is 0 Å². The van der Waals surface area contributed by atoms with Crippen LogP contribution in [-0.2, 0) is 10.0 Å². The van der Waals surface area contributed by atoms with Crippen LogP contribution in [0.15, 0.2) is 76.7 Å². The van der Waals surface area contributed by atoms with Crippen molar-refractivity contribution in [3.05, 3.63) is 92.5 Å². The first kappa shape index (κ1) is 21.6. The van der Waals surface area contributed by atoms with Crippen molar-refractivity contribution in [3.63, 3.8) is 0 Å². The van der Waals surface area contributed by atoms with E-state index in [9.17, 15) is 18.5 Å². The Hall–Kier alpha value is -3.14. The van der Waals surface area contributed by atoms with E-state index >= 15 is 0 Å². The molecule has 0 amide bonds. The van der Waals surface area contributed by atoms with Crippen molar-refractivity contribution in [2.75, 3.05) is 10.1 Å². The Kier molecular flexibility index (Phi) is 6.56. The van der Waals surface area contributed by atoms with Gasteiger partial charge in [-0.2, -0.15) is 5.10 Å². The molecule has 0 atom stereocenters. The lowest BCUT2D eigenvalue weighted by atomic mass is 10.2. The minimum atomic E-state index is -4.05. The van der Waals surface area contributed by atoms with Crippen molar-refractivity contribution in [1.29, 1.82) is 0 Å². The highest BCUT2D eigenvalue weighted by Crippen LogP contribution is 2.29. The average molecular weight is 465 g/mol. The van der Waals surface area contributed by atoms with Gasteiger partial charge in [-0.1, -0.05) is 41.4 Å². The number of nitrogens with zero attached hydrogens (tertiary/aromatic N) is 2. The molecule has 0 spiro atoms. The summed E-state index contributed by atoms with van der Waals surface area (Å²) in [5, 5.41) is 16.3. The third-order valence-electron chi connectivity index (χ3n) is 3.87. The second-order valence-corrected chi connectivity index (χ2v) is 8.47. The van der Waals surface area contributed by atoms with Gasteiger partial charge in [-0.25, -0.2) is 8.42 Å². The van der Waals surface area contributed by atoms with Crippen molar-refractivity contribution in [2.24, 2.45) is 5.10 Å². The number of hydrazone groups is 1. The lowest BCUT2D eigenvalue weighted by molar-refractivity contribution is -0.384. The molecular formula is C19H14Cl2N4O4S. The minimum absolute atomic E-state index is 0.0220. The highest BCUT2D eigenvalue weighted by molar-refractivity contribution is 7.92. The van der Waals surface area contributed by atoms with Crippen LogP contribution in [0.25, 0.3) is 0 Å². The van der Waals surface area contributed by atoms with Crippen LogP contribution in [0.4, 0.5) is 17.1 Å². The van der Waals surface area contributed by atoms with Gasteiger partial charge in [0.15, 0.2) is 0 Å². The van der Waals surface area contributed by atoms with Gasteiger partial charge in [0.25, 0.3) is 15.7 Å². The number of sulfonamides is 1. The molecule has 30 heavy (non-hydrogen) atoms. The molecule has 0 unspecified atom stereocenters. The Morgan fingerprint density at radius 1 is 1.00 bits per heavy atom. The first-order valence-electron chi connectivity index (χ1n) is 8.37. The highest BCUT2D eigenvalue weighted by Gasteiger charge is 2.21. The number of nitro groups is 1. The first-order valence-corrected chi connectivity index (χ1v) is 10.6. The van der Waals surface area contributed by atoms with E-state index in [-0.39, 0.29) is 16.3 Å². The van der Waals surface area contributed by atoms with E-state index in [0.29, 0.717) is 15.6 Å². The molecule has 3 aromatic rings. The number of nitrogens with one attached hydrogen (secondary N) is 2. The summed E-state index contributed by atoms with van der Waals surface area (Å²) in [5.74, 6) is 0. The topological polar surface area (TPSA) is 114 Å². The fourth-order valence-electron chi connectivity index (χ4n) is 2.41. The molecule has 0 saturated carbocycles. The summed E-state index contributed by atoms with van der Waals surface area (Å²) in [6.07, 6.45) is 1.40. The van der Waals surface area contributed by atoms with Gasteiger partial charge in [0.05, 0.1) is 16.0 Å². The molecule has 0 aliphatic carbocycles. The van der Waals surface area contributed by atoms with Gasteiger partial charge in [0.2, 0.25) is 0 Å². The minimum Gasteiger partial charge on any atom is -0.280 e. The Labute approximate surface area is 182 Å². The van der Waals surface area contributed by atoms with E-state index in [0.717, 1.165) is 6.07 Å². The maximum absolute atomic E-state index is 12.6. The molecule has 11 heteroatoms. The molecule has 0 fully saturated rings. The van der Waals surface area contributed by atoms with Crippen LogP contribution in [0.2, 0.25) is 10.0 Å². The molecule has 154 valence electrons. The normalized spacial score (nSPS) is 11.4. The van der Waals surface area contributed by atoms with Crippen molar-refractivity contribution >= 4 is 56.5 Å². The number of hydrogen-bond donors (Lipinski definition) is 2. The molecule has 0 saturated heterocycles. The Bertz CT molecular complexity index is 1220. The van der Waals surface area contributed by atoms with E-state index < -0.39 is 20.6 Å². The van der Waals surface area contributed by atoms with E-state index in [1.54, 1.807) is 24.3 Å². The Balaban J connectivity index is 1.85. The number of rotatable bonds is 7. The number of benzene rings is 3. The SMILES string of the molecule is O=[N+]([O-])c1cc(S(=O)(=O)Nc2ccc(Cl)cc2)ccc1N/N=C\c1ccccc1Cl. The second kappa shape index (κ2) is 9.12. The van der Waals surface area contributed by atoms with Gasteiger partial charge >= 0.3 is 0 Å². The molecule has 2 N–H and O–H groups in total. The number of hydrogen-bond acceptors (Lipinski definition) is 6. The number of anilines is 2. The van der Waals surface area contributed by atoms with Crippen LogP contribution >= 0.6 is 23.2 Å². The van der Waals surface area contributed by atoms with Crippen LogP contribution in [0.5, 0.6) is 0 Å². The fraction of sp³-hybridized carbons (Fsp3) is 0. The summed E-state index contributed by atoms with van der Waals surface area (Å²) in [5.41, 5.74) is 3.00. The largest absolute Gasteiger partial charge is 0.295 e. The third-order valence-corrected chi connectivity index (χ3v) is 5.84. The summed E-state index contributed by atoms with van der Waals surface area (Å²) in [7, 11) is -4.05. The molecule has 3 aromatic carbocycles. The smallest absolute Gasteiger partial charge is 0.280 e. The zero-order valence-electron chi connectivity index (χ0n) is 15.1. The zero-order valence-corrected chi connectivity index (χ0v) is 17.4. The molecule has 0 aliphatic heterocycles. The summed E-state index contributed by atoms with van der Waals surface area (Å²) in [4.78, 5) is 10.5. The average Bonchev–Trinajstić information content (AvgIpc) is 2.71. The molecule has 0 heterocycles. The summed E-state index contributed by atoms with van der Waals surface area (Å²) >= 11 is 11.8. The van der Waals surface area contributed by atoms with Crippen LogP contribution in [-0.4, -0.2) is 19.6 Å². The van der Waals surface area contributed by atoms with Gasteiger partial charge in [-0.3, -0.25) is 20.3 Å². The van der Waals surface area contributed by atoms with Gasteiger partial charge in [-0.05, 0) is 42.5 Å². The summed E-state index contributed by atoms with van der Waals surface area (Å²) < 4.78 is 27.5. The van der Waals surface area contributed by atoms with Gasteiger partial charge < -0.3 is 0 Å². The fourth-order valence-corrected chi connectivity index (χ4v) is 3.80. The maximum Gasteiger partial charge on any atom is 0.295 e.